The van der Waals surface area contributed by atoms with Crippen molar-refractivity contribution in [2.75, 3.05) is 11.1 Å². The Hall–Kier alpha value is -4.27. The summed E-state index contributed by atoms with van der Waals surface area (Å²) in [6, 6.07) is 15.6. The Kier molecular flexibility index (Phi) is 4.58. The van der Waals surface area contributed by atoms with Gasteiger partial charge in [0.2, 0.25) is 11.8 Å². The SMILES string of the molecule is CC(C)(C)n1c(-c2ccccc2-c2nnc(N)o2)nc2cc(Nc3ncccn3)ccc21. The largest absolute Gasteiger partial charge is 0.404 e. The summed E-state index contributed by atoms with van der Waals surface area (Å²) >= 11 is 0. The predicted octanol–water partition coefficient (Wildman–Crippen LogP) is 4.62. The van der Waals surface area contributed by atoms with Gasteiger partial charge in [0, 0.05) is 34.7 Å². The van der Waals surface area contributed by atoms with Crippen LogP contribution in [0.1, 0.15) is 20.8 Å². The molecule has 5 aromatic rings. The van der Waals surface area contributed by atoms with Gasteiger partial charge in [0.15, 0.2) is 0 Å². The quantitative estimate of drug-likeness (QED) is 0.427. The lowest BCUT2D eigenvalue weighted by Crippen LogP contribution is -2.22. The van der Waals surface area contributed by atoms with Crippen LogP contribution in [0, 0.1) is 0 Å². The van der Waals surface area contributed by atoms with E-state index in [-0.39, 0.29) is 11.6 Å². The highest BCUT2D eigenvalue weighted by atomic mass is 16.4. The maximum Gasteiger partial charge on any atom is 0.313 e. The Labute approximate surface area is 184 Å². The van der Waals surface area contributed by atoms with Crippen LogP contribution in [0.5, 0.6) is 0 Å². The molecule has 0 unspecified atom stereocenters. The number of nitrogens with one attached hydrogen (secondary N) is 1. The fraction of sp³-hybridized carbons (Fsp3) is 0.174. The summed E-state index contributed by atoms with van der Waals surface area (Å²) in [6.45, 7) is 6.44. The van der Waals surface area contributed by atoms with Crippen LogP contribution in [0.15, 0.2) is 65.3 Å². The van der Waals surface area contributed by atoms with Crippen LogP contribution >= 0.6 is 0 Å². The summed E-state index contributed by atoms with van der Waals surface area (Å²) in [6.07, 6.45) is 3.39. The van der Waals surface area contributed by atoms with Gasteiger partial charge in [-0.2, -0.15) is 0 Å². The number of aromatic nitrogens is 6. The lowest BCUT2D eigenvalue weighted by atomic mass is 10.0. The Morgan fingerprint density at radius 2 is 1.69 bits per heavy atom. The number of nitrogen functional groups attached to an aromatic ring is 1. The highest BCUT2D eigenvalue weighted by Gasteiger charge is 2.25. The van der Waals surface area contributed by atoms with Gasteiger partial charge in [0.1, 0.15) is 5.82 Å². The third-order valence-corrected chi connectivity index (χ3v) is 4.99. The monoisotopic (exact) mass is 426 g/mol. The second kappa shape index (κ2) is 7.45. The van der Waals surface area contributed by atoms with Crippen molar-refractivity contribution in [3.63, 3.8) is 0 Å². The molecule has 0 aliphatic heterocycles. The molecule has 0 bridgehead atoms. The van der Waals surface area contributed by atoms with Crippen molar-refractivity contribution in [2.24, 2.45) is 0 Å². The van der Waals surface area contributed by atoms with Crippen molar-refractivity contribution in [1.29, 1.82) is 0 Å². The number of nitrogens with two attached hydrogens (primary N) is 1. The topological polar surface area (TPSA) is 121 Å². The molecule has 32 heavy (non-hydrogen) atoms. The van der Waals surface area contributed by atoms with Crippen LogP contribution in [0.25, 0.3) is 33.9 Å². The molecule has 0 aliphatic carbocycles. The molecule has 3 aromatic heterocycles. The minimum Gasteiger partial charge on any atom is -0.404 e. The normalized spacial score (nSPS) is 11.7. The molecule has 3 N–H and O–H groups in total. The molecule has 0 amide bonds. The molecule has 0 spiro atoms. The van der Waals surface area contributed by atoms with Gasteiger partial charge in [-0.05, 0) is 51.1 Å². The summed E-state index contributed by atoms with van der Waals surface area (Å²) in [5, 5.41) is 11.1. The van der Waals surface area contributed by atoms with Gasteiger partial charge >= 0.3 is 6.01 Å². The van der Waals surface area contributed by atoms with Crippen molar-refractivity contribution in [3.8, 4) is 22.8 Å². The predicted molar refractivity (Wildman–Crippen MR) is 123 cm³/mol. The molecule has 0 saturated heterocycles. The minimum atomic E-state index is -0.234. The van der Waals surface area contributed by atoms with Crippen LogP contribution in [0.3, 0.4) is 0 Å². The van der Waals surface area contributed by atoms with Crippen molar-refractivity contribution in [3.05, 3.63) is 60.9 Å². The highest BCUT2D eigenvalue weighted by Crippen LogP contribution is 2.37. The van der Waals surface area contributed by atoms with E-state index in [1.54, 1.807) is 18.5 Å². The van der Waals surface area contributed by atoms with E-state index in [2.05, 4.69) is 56.9 Å². The van der Waals surface area contributed by atoms with Gasteiger partial charge in [0.05, 0.1) is 11.0 Å². The van der Waals surface area contributed by atoms with E-state index in [9.17, 15) is 0 Å². The van der Waals surface area contributed by atoms with E-state index in [0.29, 0.717) is 11.8 Å². The molecule has 0 radical (unpaired) electrons. The van der Waals surface area contributed by atoms with Gasteiger partial charge in [-0.25, -0.2) is 15.0 Å². The Balaban J connectivity index is 1.68. The van der Waals surface area contributed by atoms with E-state index >= 15 is 0 Å². The fourth-order valence-corrected chi connectivity index (χ4v) is 3.72. The van der Waals surface area contributed by atoms with Crippen LogP contribution in [0.2, 0.25) is 0 Å². The van der Waals surface area contributed by atoms with Crippen LogP contribution in [-0.4, -0.2) is 29.7 Å². The number of hydrogen-bond acceptors (Lipinski definition) is 8. The van der Waals surface area contributed by atoms with Crippen molar-refractivity contribution in [2.45, 2.75) is 26.3 Å². The molecule has 9 nitrogen and oxygen atoms in total. The summed E-state index contributed by atoms with van der Waals surface area (Å²) in [5.41, 5.74) is 9.79. The first-order valence-electron chi connectivity index (χ1n) is 10.2. The van der Waals surface area contributed by atoms with E-state index in [4.69, 9.17) is 15.1 Å². The minimum absolute atomic E-state index is 0.0259. The number of fused-ring (bicyclic) bond motifs is 1. The molecule has 9 heteroatoms. The van der Waals surface area contributed by atoms with Gasteiger partial charge in [-0.15, -0.1) is 5.10 Å². The molecule has 0 aliphatic rings. The maximum atomic E-state index is 5.67. The zero-order valence-corrected chi connectivity index (χ0v) is 17.9. The zero-order chi connectivity index (χ0) is 22.3. The average molecular weight is 426 g/mol. The lowest BCUT2D eigenvalue weighted by molar-refractivity contribution is 0.413. The Morgan fingerprint density at radius 3 is 2.38 bits per heavy atom. The van der Waals surface area contributed by atoms with E-state index in [1.165, 1.54) is 0 Å². The molecule has 2 aromatic carbocycles. The second-order valence-electron chi connectivity index (χ2n) is 8.33. The number of imidazole rings is 1. The number of anilines is 3. The first kappa shape index (κ1) is 19.7. The third kappa shape index (κ3) is 3.53. The summed E-state index contributed by atoms with van der Waals surface area (Å²) < 4.78 is 7.72. The number of nitrogens with zero attached hydrogens (tertiary/aromatic N) is 6. The molecule has 0 atom stereocenters. The molecular formula is C23H22N8O. The van der Waals surface area contributed by atoms with Crippen LogP contribution in [-0.2, 0) is 5.54 Å². The highest BCUT2D eigenvalue weighted by molar-refractivity contribution is 5.87. The summed E-state index contributed by atoms with van der Waals surface area (Å²) in [4.78, 5) is 13.5. The molecule has 0 fully saturated rings. The van der Waals surface area contributed by atoms with Crippen LogP contribution < -0.4 is 11.1 Å². The smallest absolute Gasteiger partial charge is 0.313 e. The molecule has 160 valence electrons. The van der Waals surface area contributed by atoms with Gasteiger partial charge in [-0.3, -0.25) is 0 Å². The molecule has 0 saturated carbocycles. The molecule has 5 rings (SSSR count). The van der Waals surface area contributed by atoms with Crippen molar-refractivity contribution in [1.82, 2.24) is 29.7 Å². The second-order valence-corrected chi connectivity index (χ2v) is 8.33. The number of hydrogen-bond donors (Lipinski definition) is 2. The fourth-order valence-electron chi connectivity index (χ4n) is 3.72. The molecule has 3 heterocycles. The third-order valence-electron chi connectivity index (χ3n) is 4.99. The van der Waals surface area contributed by atoms with Crippen molar-refractivity contribution < 1.29 is 4.42 Å². The Morgan fingerprint density at radius 1 is 0.938 bits per heavy atom. The number of benzene rings is 2. The first-order chi connectivity index (χ1) is 15.4. The summed E-state index contributed by atoms with van der Waals surface area (Å²) in [7, 11) is 0. The van der Waals surface area contributed by atoms with E-state index < -0.39 is 0 Å². The Bertz CT molecular complexity index is 1400. The lowest BCUT2D eigenvalue weighted by Gasteiger charge is -2.25. The first-order valence-corrected chi connectivity index (χ1v) is 10.2. The average Bonchev–Trinajstić information content (AvgIpc) is 3.37. The van der Waals surface area contributed by atoms with E-state index in [0.717, 1.165) is 33.7 Å². The van der Waals surface area contributed by atoms with E-state index in [1.807, 2.05) is 36.4 Å². The van der Waals surface area contributed by atoms with Gasteiger partial charge in [0.25, 0.3) is 0 Å². The van der Waals surface area contributed by atoms with Crippen LogP contribution in [0.4, 0.5) is 17.7 Å². The van der Waals surface area contributed by atoms with Crippen molar-refractivity contribution >= 4 is 28.7 Å². The zero-order valence-electron chi connectivity index (χ0n) is 17.9. The maximum absolute atomic E-state index is 5.67. The summed E-state index contributed by atoms with van der Waals surface area (Å²) in [5.74, 6) is 1.68. The van der Waals surface area contributed by atoms with Gasteiger partial charge < -0.3 is 20.0 Å². The number of rotatable bonds is 4. The molecular weight excluding hydrogens is 404 g/mol. The van der Waals surface area contributed by atoms with Gasteiger partial charge in [-0.1, -0.05) is 23.3 Å². The standard InChI is InChI=1S/C23H22N8O/c1-23(2,3)31-18-10-9-14(27-22-25-11-6-12-26-22)13-17(18)28-19(31)15-7-4-5-8-16(15)20-29-30-21(24)32-20/h4-13H,1-3H3,(H2,24,30)(H,25,26,27).